The summed E-state index contributed by atoms with van der Waals surface area (Å²) < 4.78 is 0. The van der Waals surface area contributed by atoms with Crippen LogP contribution in [-0.4, -0.2) is 24.1 Å². The normalized spacial score (nSPS) is 10.4. The number of nitrogens with zero attached hydrogens (tertiary/aromatic N) is 3. The van der Waals surface area contributed by atoms with E-state index >= 15 is 0 Å². The summed E-state index contributed by atoms with van der Waals surface area (Å²) in [6.07, 6.45) is 1.78. The lowest BCUT2D eigenvalue weighted by Crippen LogP contribution is -2.11. The van der Waals surface area contributed by atoms with Crippen LogP contribution in [0.4, 0.5) is 5.82 Å². The zero-order chi connectivity index (χ0) is 13.0. The Hall–Kier alpha value is -1.26. The highest BCUT2D eigenvalue weighted by Gasteiger charge is 2.04. The fourth-order valence-corrected chi connectivity index (χ4v) is 2.52. The molecule has 0 radical (unpaired) electrons. The molecule has 3 nitrogen and oxygen atoms in total. The summed E-state index contributed by atoms with van der Waals surface area (Å²) in [7, 11) is 3.93. The summed E-state index contributed by atoms with van der Waals surface area (Å²) in [6, 6.07) is 9.72. The van der Waals surface area contributed by atoms with Crippen molar-refractivity contribution in [1.29, 1.82) is 0 Å². The van der Waals surface area contributed by atoms with Gasteiger partial charge in [-0.2, -0.15) is 0 Å². The Kier molecular flexibility index (Phi) is 4.44. The lowest BCUT2D eigenvalue weighted by atomic mass is 10.2. The minimum Gasteiger partial charge on any atom is -0.363 e. The average Bonchev–Trinajstić information content (AvgIpc) is 2.38. The molecule has 0 spiro atoms. The molecule has 0 fully saturated rings. The maximum Gasteiger partial charge on any atom is 0.189 e. The summed E-state index contributed by atoms with van der Waals surface area (Å²) >= 11 is 7.70. The Morgan fingerprint density at radius 1 is 1.22 bits per heavy atom. The number of benzene rings is 1. The molecule has 2 rings (SSSR count). The first-order valence-electron chi connectivity index (χ1n) is 5.53. The predicted octanol–water partition coefficient (Wildman–Crippen LogP) is 3.49. The fraction of sp³-hybridized carbons (Fsp3) is 0.231. The van der Waals surface area contributed by atoms with Gasteiger partial charge in [-0.25, -0.2) is 9.97 Å². The third-order valence-electron chi connectivity index (χ3n) is 2.39. The largest absolute Gasteiger partial charge is 0.363 e. The SMILES string of the molecule is CN(C)c1ccnc(SCc2ccccc2Cl)n1. The molecule has 2 aromatic rings. The lowest BCUT2D eigenvalue weighted by molar-refractivity contribution is 0.927. The molecule has 1 aromatic heterocycles. The highest BCUT2D eigenvalue weighted by Crippen LogP contribution is 2.24. The summed E-state index contributed by atoms with van der Waals surface area (Å²) in [5, 5.41) is 1.55. The van der Waals surface area contributed by atoms with E-state index in [2.05, 4.69) is 9.97 Å². The van der Waals surface area contributed by atoms with Gasteiger partial charge in [0.2, 0.25) is 0 Å². The number of hydrogen-bond acceptors (Lipinski definition) is 4. The zero-order valence-electron chi connectivity index (χ0n) is 10.3. The van der Waals surface area contributed by atoms with E-state index in [-0.39, 0.29) is 0 Å². The first-order valence-corrected chi connectivity index (χ1v) is 6.90. The summed E-state index contributed by atoms with van der Waals surface area (Å²) in [5.41, 5.74) is 1.10. The smallest absolute Gasteiger partial charge is 0.189 e. The fourth-order valence-electron chi connectivity index (χ4n) is 1.41. The molecule has 0 atom stereocenters. The maximum absolute atomic E-state index is 6.11. The van der Waals surface area contributed by atoms with Crippen molar-refractivity contribution in [1.82, 2.24) is 9.97 Å². The molecule has 1 heterocycles. The first kappa shape index (κ1) is 13.2. The molecular weight excluding hydrogens is 266 g/mol. The number of halogens is 1. The van der Waals surface area contributed by atoms with Gasteiger partial charge >= 0.3 is 0 Å². The van der Waals surface area contributed by atoms with Gasteiger partial charge in [0.1, 0.15) is 5.82 Å². The molecule has 0 aliphatic rings. The van der Waals surface area contributed by atoms with E-state index in [9.17, 15) is 0 Å². The Morgan fingerprint density at radius 2 is 2.00 bits per heavy atom. The molecule has 0 unspecified atom stereocenters. The van der Waals surface area contributed by atoms with Crippen molar-refractivity contribution in [2.45, 2.75) is 10.9 Å². The Bertz CT molecular complexity index is 531. The maximum atomic E-state index is 6.11. The molecule has 94 valence electrons. The molecule has 0 aliphatic carbocycles. The van der Waals surface area contributed by atoms with Crippen molar-refractivity contribution >= 4 is 29.2 Å². The van der Waals surface area contributed by atoms with Crippen molar-refractivity contribution in [3.63, 3.8) is 0 Å². The number of anilines is 1. The third-order valence-corrected chi connectivity index (χ3v) is 3.67. The molecule has 0 amide bonds. The number of thioether (sulfide) groups is 1. The van der Waals surface area contributed by atoms with Gasteiger partial charge in [-0.1, -0.05) is 41.6 Å². The zero-order valence-corrected chi connectivity index (χ0v) is 11.9. The van der Waals surface area contributed by atoms with Crippen LogP contribution in [0, 0.1) is 0 Å². The monoisotopic (exact) mass is 279 g/mol. The van der Waals surface area contributed by atoms with Gasteiger partial charge in [0, 0.05) is 31.1 Å². The molecule has 0 N–H and O–H groups in total. The van der Waals surface area contributed by atoms with Crippen LogP contribution >= 0.6 is 23.4 Å². The van der Waals surface area contributed by atoms with Gasteiger partial charge in [0.05, 0.1) is 0 Å². The second kappa shape index (κ2) is 6.07. The van der Waals surface area contributed by atoms with E-state index in [1.807, 2.05) is 49.3 Å². The summed E-state index contributed by atoms with van der Waals surface area (Å²) in [4.78, 5) is 10.7. The molecular formula is C13H14ClN3S. The van der Waals surface area contributed by atoms with E-state index in [1.165, 1.54) is 0 Å². The minimum atomic E-state index is 0.765. The topological polar surface area (TPSA) is 29.0 Å². The highest BCUT2D eigenvalue weighted by atomic mass is 35.5. The van der Waals surface area contributed by atoms with Crippen LogP contribution in [0.3, 0.4) is 0 Å². The van der Waals surface area contributed by atoms with Crippen molar-refractivity contribution < 1.29 is 0 Å². The van der Waals surface area contributed by atoms with Crippen LogP contribution in [0.25, 0.3) is 0 Å². The second-order valence-corrected chi connectivity index (χ2v) is 5.32. The van der Waals surface area contributed by atoms with Gasteiger partial charge in [-0.3, -0.25) is 0 Å². The molecule has 0 bridgehead atoms. The van der Waals surface area contributed by atoms with Gasteiger partial charge in [0.25, 0.3) is 0 Å². The number of rotatable bonds is 4. The molecule has 0 saturated heterocycles. The van der Waals surface area contributed by atoms with Crippen molar-refractivity contribution in [3.05, 3.63) is 47.1 Å². The van der Waals surface area contributed by atoms with Crippen molar-refractivity contribution in [2.24, 2.45) is 0 Å². The Morgan fingerprint density at radius 3 is 2.72 bits per heavy atom. The Labute approximate surface area is 116 Å². The molecule has 0 aliphatic heterocycles. The van der Waals surface area contributed by atoms with Crippen molar-refractivity contribution in [3.8, 4) is 0 Å². The van der Waals surface area contributed by atoms with Gasteiger partial charge in [-0.05, 0) is 17.7 Å². The number of aromatic nitrogens is 2. The highest BCUT2D eigenvalue weighted by molar-refractivity contribution is 7.98. The molecule has 18 heavy (non-hydrogen) atoms. The van der Waals surface area contributed by atoms with E-state index in [0.29, 0.717) is 0 Å². The van der Waals surface area contributed by atoms with Crippen LogP contribution in [0.1, 0.15) is 5.56 Å². The van der Waals surface area contributed by atoms with E-state index in [0.717, 1.165) is 27.3 Å². The van der Waals surface area contributed by atoms with Crippen LogP contribution < -0.4 is 4.90 Å². The van der Waals surface area contributed by atoms with Crippen LogP contribution in [0.15, 0.2) is 41.7 Å². The quantitative estimate of drug-likeness (QED) is 0.633. The Balaban J connectivity index is 2.07. The van der Waals surface area contributed by atoms with Crippen LogP contribution in [0.5, 0.6) is 0 Å². The van der Waals surface area contributed by atoms with Crippen LogP contribution in [0.2, 0.25) is 5.02 Å². The molecule has 0 saturated carbocycles. The van der Waals surface area contributed by atoms with Gasteiger partial charge in [0.15, 0.2) is 5.16 Å². The lowest BCUT2D eigenvalue weighted by Gasteiger charge is -2.11. The van der Waals surface area contributed by atoms with Crippen LogP contribution in [-0.2, 0) is 5.75 Å². The standard InChI is InChI=1S/C13H14ClN3S/c1-17(2)12-7-8-15-13(16-12)18-9-10-5-3-4-6-11(10)14/h3-8H,9H2,1-2H3. The third kappa shape index (κ3) is 3.37. The molecule has 5 heteroatoms. The van der Waals surface area contributed by atoms with E-state index in [1.54, 1.807) is 18.0 Å². The van der Waals surface area contributed by atoms with Gasteiger partial charge < -0.3 is 4.90 Å². The van der Waals surface area contributed by atoms with Crippen molar-refractivity contribution in [2.75, 3.05) is 19.0 Å². The average molecular weight is 280 g/mol. The summed E-state index contributed by atoms with van der Waals surface area (Å²) in [5.74, 6) is 1.68. The van der Waals surface area contributed by atoms with E-state index < -0.39 is 0 Å². The molecule has 1 aromatic carbocycles. The van der Waals surface area contributed by atoms with E-state index in [4.69, 9.17) is 11.6 Å². The first-order chi connectivity index (χ1) is 8.66. The second-order valence-electron chi connectivity index (χ2n) is 3.97. The predicted molar refractivity (Wildman–Crippen MR) is 77.4 cm³/mol. The van der Waals surface area contributed by atoms with Gasteiger partial charge in [-0.15, -0.1) is 0 Å². The number of hydrogen-bond donors (Lipinski definition) is 0. The summed E-state index contributed by atoms with van der Waals surface area (Å²) in [6.45, 7) is 0. The minimum absolute atomic E-state index is 0.765.